The van der Waals surface area contributed by atoms with Gasteiger partial charge in [-0.15, -0.1) is 0 Å². The summed E-state index contributed by atoms with van der Waals surface area (Å²) >= 11 is 0. The van der Waals surface area contributed by atoms with Crippen molar-refractivity contribution >= 4 is 17.3 Å². The highest BCUT2D eigenvalue weighted by Gasteiger charge is 2.33. The quantitative estimate of drug-likeness (QED) is 0.498. The maximum atomic E-state index is 12.4. The number of carbonyl (C=O) groups excluding carboxylic acids is 1. The molecule has 0 atom stereocenters. The van der Waals surface area contributed by atoms with Crippen LogP contribution in [0.4, 0.5) is 11.4 Å². The molecule has 0 unspecified atom stereocenters. The molecule has 0 bridgehead atoms. The molecule has 0 aliphatic heterocycles. The van der Waals surface area contributed by atoms with Gasteiger partial charge >= 0.3 is 0 Å². The van der Waals surface area contributed by atoms with Gasteiger partial charge in [-0.05, 0) is 25.0 Å². The zero-order chi connectivity index (χ0) is 14.7. The van der Waals surface area contributed by atoms with Crippen molar-refractivity contribution in [1.82, 2.24) is 4.90 Å². The summed E-state index contributed by atoms with van der Waals surface area (Å²) in [5.74, 6) is -0.232. The van der Waals surface area contributed by atoms with Crippen molar-refractivity contribution < 1.29 is 9.72 Å². The lowest BCUT2D eigenvalue weighted by molar-refractivity contribution is -0.383. The number of amides is 1. The van der Waals surface area contributed by atoms with Crippen LogP contribution >= 0.6 is 0 Å². The third-order valence-electron chi connectivity index (χ3n) is 3.18. The molecule has 104 valence electrons. The van der Waals surface area contributed by atoms with Gasteiger partial charge in [0.2, 0.25) is 0 Å². The zero-order valence-electron chi connectivity index (χ0n) is 10.8. The summed E-state index contributed by atoms with van der Waals surface area (Å²) in [5, 5.41) is 19.3. The number of carbonyl (C=O) groups is 1. The van der Waals surface area contributed by atoms with Crippen molar-refractivity contribution in [3.63, 3.8) is 0 Å². The monoisotopic (exact) mass is 274 g/mol. The predicted octanol–water partition coefficient (Wildman–Crippen LogP) is 1.70. The number of nitrogen functional groups attached to an aromatic ring is 1. The van der Waals surface area contributed by atoms with Crippen molar-refractivity contribution in [3.8, 4) is 6.07 Å². The van der Waals surface area contributed by atoms with Gasteiger partial charge in [0.1, 0.15) is 5.69 Å². The summed E-state index contributed by atoms with van der Waals surface area (Å²) in [6.07, 6.45) is 2.13. The molecule has 20 heavy (non-hydrogen) atoms. The van der Waals surface area contributed by atoms with Crippen LogP contribution < -0.4 is 5.73 Å². The Labute approximate surface area is 115 Å². The highest BCUT2D eigenvalue weighted by Crippen LogP contribution is 2.29. The lowest BCUT2D eigenvalue weighted by Gasteiger charge is -2.21. The molecule has 1 aromatic rings. The number of nitro benzene ring substituents is 1. The van der Waals surface area contributed by atoms with Crippen LogP contribution in [0.15, 0.2) is 18.2 Å². The van der Waals surface area contributed by atoms with Gasteiger partial charge in [0.15, 0.2) is 0 Å². The summed E-state index contributed by atoms with van der Waals surface area (Å²) in [4.78, 5) is 24.1. The zero-order valence-corrected chi connectivity index (χ0v) is 10.8. The van der Waals surface area contributed by atoms with E-state index in [1.54, 1.807) is 4.90 Å². The van der Waals surface area contributed by atoms with Crippen LogP contribution in [0.1, 0.15) is 29.6 Å². The summed E-state index contributed by atoms with van der Waals surface area (Å²) in [7, 11) is 0. The van der Waals surface area contributed by atoms with E-state index < -0.39 is 4.92 Å². The van der Waals surface area contributed by atoms with Gasteiger partial charge in [-0.1, -0.05) is 0 Å². The van der Waals surface area contributed by atoms with E-state index in [0.29, 0.717) is 12.1 Å². The highest BCUT2D eigenvalue weighted by molar-refractivity contribution is 5.96. The molecular formula is C13H14N4O3. The van der Waals surface area contributed by atoms with Gasteiger partial charge in [-0.2, -0.15) is 5.26 Å². The Kier molecular flexibility index (Phi) is 3.84. The molecule has 2 rings (SSSR count). The van der Waals surface area contributed by atoms with Crippen LogP contribution in [-0.4, -0.2) is 28.3 Å². The Bertz CT molecular complexity index is 590. The Morgan fingerprint density at radius 3 is 2.75 bits per heavy atom. The number of nitriles is 1. The largest absolute Gasteiger partial charge is 0.393 e. The molecule has 1 aliphatic rings. The first kappa shape index (κ1) is 13.8. The molecule has 1 fully saturated rings. The molecule has 0 saturated heterocycles. The molecule has 1 aromatic carbocycles. The molecule has 1 saturated carbocycles. The van der Waals surface area contributed by atoms with Gasteiger partial charge in [-0.25, -0.2) is 0 Å². The molecule has 0 aromatic heterocycles. The van der Waals surface area contributed by atoms with Gasteiger partial charge in [0, 0.05) is 24.2 Å². The number of nitrogens with two attached hydrogens (primary N) is 1. The standard InChI is InChI=1S/C13H14N4O3/c14-6-1-7-16(10-3-4-10)13(18)9-2-5-12(17(19)20)11(15)8-9/h2,5,8,10H,1,3-4,7,15H2. The summed E-state index contributed by atoms with van der Waals surface area (Å²) < 4.78 is 0. The first-order valence-electron chi connectivity index (χ1n) is 6.26. The molecular weight excluding hydrogens is 260 g/mol. The number of anilines is 1. The van der Waals surface area contributed by atoms with Crippen LogP contribution in [-0.2, 0) is 0 Å². The molecule has 0 heterocycles. The second-order valence-corrected chi connectivity index (χ2v) is 4.67. The van der Waals surface area contributed by atoms with Crippen LogP contribution in [0.2, 0.25) is 0 Å². The Balaban J connectivity index is 2.21. The fourth-order valence-corrected chi connectivity index (χ4v) is 2.03. The minimum Gasteiger partial charge on any atom is -0.393 e. The molecule has 7 nitrogen and oxygen atoms in total. The smallest absolute Gasteiger partial charge is 0.292 e. The molecule has 0 spiro atoms. The Hall–Kier alpha value is -2.62. The van der Waals surface area contributed by atoms with Crippen molar-refractivity contribution in [2.24, 2.45) is 0 Å². The van der Waals surface area contributed by atoms with Crippen molar-refractivity contribution in [1.29, 1.82) is 5.26 Å². The van der Waals surface area contributed by atoms with Crippen LogP contribution in [0.3, 0.4) is 0 Å². The number of benzene rings is 1. The normalized spacial score (nSPS) is 13.6. The third kappa shape index (κ3) is 2.85. The third-order valence-corrected chi connectivity index (χ3v) is 3.18. The number of rotatable bonds is 5. The van der Waals surface area contributed by atoms with Gasteiger partial charge in [0.25, 0.3) is 11.6 Å². The van der Waals surface area contributed by atoms with E-state index in [9.17, 15) is 14.9 Å². The minimum atomic E-state index is -0.585. The van der Waals surface area contributed by atoms with Crippen LogP contribution in [0.25, 0.3) is 0 Å². The van der Waals surface area contributed by atoms with E-state index in [-0.39, 0.29) is 29.7 Å². The fraction of sp³-hybridized carbons (Fsp3) is 0.385. The number of nitrogens with zero attached hydrogens (tertiary/aromatic N) is 3. The lowest BCUT2D eigenvalue weighted by atomic mass is 10.1. The van der Waals surface area contributed by atoms with Crippen LogP contribution in [0, 0.1) is 21.4 Å². The van der Waals surface area contributed by atoms with Gasteiger partial charge in [-0.3, -0.25) is 14.9 Å². The van der Waals surface area contributed by atoms with E-state index in [2.05, 4.69) is 0 Å². The molecule has 0 radical (unpaired) electrons. The van der Waals surface area contributed by atoms with Crippen molar-refractivity contribution in [2.75, 3.05) is 12.3 Å². The van der Waals surface area contributed by atoms with E-state index in [1.807, 2.05) is 6.07 Å². The summed E-state index contributed by atoms with van der Waals surface area (Å²) in [6, 6.07) is 6.15. The average Bonchev–Trinajstić information content (AvgIpc) is 3.23. The SMILES string of the molecule is N#CCCN(C(=O)c1ccc([N+](=O)[O-])c(N)c1)C1CC1. The highest BCUT2D eigenvalue weighted by atomic mass is 16.6. The molecule has 1 amide bonds. The fourth-order valence-electron chi connectivity index (χ4n) is 2.03. The second-order valence-electron chi connectivity index (χ2n) is 4.67. The maximum Gasteiger partial charge on any atom is 0.292 e. The Morgan fingerprint density at radius 1 is 1.55 bits per heavy atom. The van der Waals surface area contributed by atoms with E-state index >= 15 is 0 Å². The Morgan fingerprint density at radius 2 is 2.25 bits per heavy atom. The minimum absolute atomic E-state index is 0.0307. The van der Waals surface area contributed by atoms with E-state index in [0.717, 1.165) is 12.8 Å². The summed E-state index contributed by atoms with van der Waals surface area (Å²) in [6.45, 7) is 0.372. The van der Waals surface area contributed by atoms with Crippen molar-refractivity contribution in [2.45, 2.75) is 25.3 Å². The first-order chi connectivity index (χ1) is 9.54. The average molecular weight is 274 g/mol. The molecule has 2 N–H and O–H groups in total. The number of hydrogen-bond donors (Lipinski definition) is 1. The van der Waals surface area contributed by atoms with E-state index in [4.69, 9.17) is 11.0 Å². The number of nitro groups is 1. The van der Waals surface area contributed by atoms with Gasteiger partial charge in [0.05, 0.1) is 17.4 Å². The van der Waals surface area contributed by atoms with Crippen LogP contribution in [0.5, 0.6) is 0 Å². The maximum absolute atomic E-state index is 12.4. The first-order valence-corrected chi connectivity index (χ1v) is 6.26. The number of hydrogen-bond acceptors (Lipinski definition) is 5. The summed E-state index contributed by atoms with van der Waals surface area (Å²) in [5.41, 5.74) is 5.66. The van der Waals surface area contributed by atoms with Crippen molar-refractivity contribution in [3.05, 3.63) is 33.9 Å². The second kappa shape index (κ2) is 5.57. The van der Waals surface area contributed by atoms with Gasteiger partial charge < -0.3 is 10.6 Å². The lowest BCUT2D eigenvalue weighted by Crippen LogP contribution is -2.34. The molecule has 7 heteroatoms. The van der Waals surface area contributed by atoms with E-state index in [1.165, 1.54) is 18.2 Å². The topological polar surface area (TPSA) is 113 Å². The molecule has 1 aliphatic carbocycles. The predicted molar refractivity (Wildman–Crippen MR) is 71.8 cm³/mol.